The van der Waals surface area contributed by atoms with Gasteiger partial charge in [-0.1, -0.05) is 42.0 Å². The van der Waals surface area contributed by atoms with Crippen molar-refractivity contribution >= 4 is 5.91 Å². The Morgan fingerprint density at radius 1 is 1.24 bits per heavy atom. The second-order valence-electron chi connectivity index (χ2n) is 4.84. The Labute approximate surface area is 124 Å². The molecule has 2 rings (SSSR count). The summed E-state index contributed by atoms with van der Waals surface area (Å²) in [6, 6.07) is 14.6. The van der Waals surface area contributed by atoms with Crippen molar-refractivity contribution in [3.05, 3.63) is 65.2 Å². The van der Waals surface area contributed by atoms with E-state index in [-0.39, 0.29) is 12.5 Å². The largest absolute Gasteiger partial charge is 0.496 e. The molecule has 0 spiro atoms. The van der Waals surface area contributed by atoms with Crippen LogP contribution in [0.1, 0.15) is 27.6 Å². The zero-order valence-corrected chi connectivity index (χ0v) is 12.2. The number of amides is 1. The maximum atomic E-state index is 12.2. The van der Waals surface area contributed by atoms with Crippen molar-refractivity contribution in [2.45, 2.75) is 13.0 Å². The van der Waals surface area contributed by atoms with Crippen molar-refractivity contribution in [1.82, 2.24) is 5.32 Å². The fourth-order valence-corrected chi connectivity index (χ4v) is 2.08. The van der Waals surface area contributed by atoms with Crippen molar-refractivity contribution in [2.24, 2.45) is 0 Å². The van der Waals surface area contributed by atoms with E-state index in [9.17, 15) is 9.90 Å². The average Bonchev–Trinajstić information content (AvgIpc) is 2.53. The minimum atomic E-state index is -0.731. The minimum Gasteiger partial charge on any atom is -0.496 e. The van der Waals surface area contributed by atoms with Crippen LogP contribution in [-0.2, 0) is 0 Å². The van der Waals surface area contributed by atoms with E-state index in [1.807, 2.05) is 43.3 Å². The van der Waals surface area contributed by atoms with E-state index in [1.165, 1.54) is 7.11 Å². The van der Waals surface area contributed by atoms with Crippen LogP contribution in [0.25, 0.3) is 0 Å². The molecular weight excluding hydrogens is 266 g/mol. The maximum absolute atomic E-state index is 12.2. The molecule has 0 heterocycles. The number of carbonyl (C=O) groups is 1. The summed E-state index contributed by atoms with van der Waals surface area (Å²) in [4.78, 5) is 12.2. The summed E-state index contributed by atoms with van der Waals surface area (Å²) in [5.74, 6) is 0.262. The number of aryl methyl sites for hydroxylation is 1. The van der Waals surface area contributed by atoms with Gasteiger partial charge in [-0.3, -0.25) is 4.79 Å². The molecule has 0 aliphatic carbocycles. The lowest BCUT2D eigenvalue weighted by Gasteiger charge is -2.14. The minimum absolute atomic E-state index is 0.153. The third kappa shape index (κ3) is 3.83. The number of methoxy groups -OCH3 is 1. The summed E-state index contributed by atoms with van der Waals surface area (Å²) >= 11 is 0. The molecule has 0 radical (unpaired) electrons. The second kappa shape index (κ2) is 6.90. The van der Waals surface area contributed by atoms with Crippen molar-refractivity contribution in [1.29, 1.82) is 0 Å². The Bertz CT molecular complexity index is 611. The zero-order valence-electron chi connectivity index (χ0n) is 12.2. The Kier molecular flexibility index (Phi) is 4.95. The molecule has 2 N–H and O–H groups in total. The van der Waals surface area contributed by atoms with E-state index >= 15 is 0 Å². The third-order valence-electron chi connectivity index (χ3n) is 3.24. The first kappa shape index (κ1) is 15.1. The van der Waals surface area contributed by atoms with E-state index in [4.69, 9.17) is 4.74 Å². The summed E-state index contributed by atoms with van der Waals surface area (Å²) in [7, 11) is 1.53. The number of aliphatic hydroxyl groups is 1. The van der Waals surface area contributed by atoms with Gasteiger partial charge in [0.05, 0.1) is 18.8 Å². The van der Waals surface area contributed by atoms with Gasteiger partial charge in [-0.05, 0) is 24.6 Å². The predicted molar refractivity (Wildman–Crippen MR) is 81.5 cm³/mol. The highest BCUT2D eigenvalue weighted by Crippen LogP contribution is 2.19. The first-order valence-electron chi connectivity index (χ1n) is 6.77. The molecule has 4 heteroatoms. The SMILES string of the molecule is COc1ccc(C)cc1C(=O)NCC(O)c1ccccc1. The van der Waals surface area contributed by atoms with Gasteiger partial charge in [0.15, 0.2) is 0 Å². The number of hydrogen-bond acceptors (Lipinski definition) is 3. The molecule has 1 unspecified atom stereocenters. The third-order valence-corrected chi connectivity index (χ3v) is 3.24. The number of hydrogen-bond donors (Lipinski definition) is 2. The highest BCUT2D eigenvalue weighted by molar-refractivity contribution is 5.97. The number of benzene rings is 2. The molecule has 110 valence electrons. The molecule has 1 amide bonds. The highest BCUT2D eigenvalue weighted by atomic mass is 16.5. The summed E-state index contributed by atoms with van der Waals surface area (Å²) in [6.07, 6.45) is -0.731. The van der Waals surface area contributed by atoms with Crippen LogP contribution in [0.4, 0.5) is 0 Å². The van der Waals surface area contributed by atoms with Gasteiger partial charge in [0.2, 0.25) is 0 Å². The van der Waals surface area contributed by atoms with Crippen LogP contribution in [0, 0.1) is 6.92 Å². The topological polar surface area (TPSA) is 58.6 Å². The van der Waals surface area contributed by atoms with Gasteiger partial charge in [0.25, 0.3) is 5.91 Å². The molecule has 0 aromatic heterocycles. The lowest BCUT2D eigenvalue weighted by Crippen LogP contribution is -2.28. The Morgan fingerprint density at radius 3 is 2.62 bits per heavy atom. The van der Waals surface area contributed by atoms with Crippen molar-refractivity contribution in [3.8, 4) is 5.75 Å². The standard InChI is InChI=1S/C17H19NO3/c1-12-8-9-16(21-2)14(10-12)17(20)18-11-15(19)13-6-4-3-5-7-13/h3-10,15,19H,11H2,1-2H3,(H,18,20). The Morgan fingerprint density at radius 2 is 1.95 bits per heavy atom. The van der Waals surface area contributed by atoms with E-state index in [0.29, 0.717) is 11.3 Å². The van der Waals surface area contributed by atoms with Crippen LogP contribution in [0.2, 0.25) is 0 Å². The molecule has 4 nitrogen and oxygen atoms in total. The van der Waals surface area contributed by atoms with Crippen LogP contribution in [0.3, 0.4) is 0 Å². The predicted octanol–water partition coefficient (Wildman–Crippen LogP) is 2.47. The highest BCUT2D eigenvalue weighted by Gasteiger charge is 2.14. The fraction of sp³-hybridized carbons (Fsp3) is 0.235. The van der Waals surface area contributed by atoms with Crippen LogP contribution < -0.4 is 10.1 Å². The number of ether oxygens (including phenoxy) is 1. The molecule has 0 saturated carbocycles. The van der Waals surface area contributed by atoms with Gasteiger partial charge in [-0.25, -0.2) is 0 Å². The van der Waals surface area contributed by atoms with Crippen molar-refractivity contribution in [2.75, 3.05) is 13.7 Å². The molecule has 1 atom stereocenters. The van der Waals surface area contributed by atoms with E-state index < -0.39 is 6.10 Å². The molecular formula is C17H19NO3. The lowest BCUT2D eigenvalue weighted by molar-refractivity contribution is 0.0913. The summed E-state index contributed by atoms with van der Waals surface area (Å²) in [5, 5.41) is 12.8. The van der Waals surface area contributed by atoms with Crippen molar-refractivity contribution < 1.29 is 14.6 Å². The average molecular weight is 285 g/mol. The van der Waals surface area contributed by atoms with Gasteiger partial charge in [0, 0.05) is 6.54 Å². The van der Waals surface area contributed by atoms with E-state index in [1.54, 1.807) is 12.1 Å². The van der Waals surface area contributed by atoms with Gasteiger partial charge >= 0.3 is 0 Å². The number of carbonyl (C=O) groups excluding carboxylic acids is 1. The lowest BCUT2D eigenvalue weighted by atomic mass is 10.1. The first-order valence-corrected chi connectivity index (χ1v) is 6.77. The molecule has 2 aromatic carbocycles. The fourth-order valence-electron chi connectivity index (χ4n) is 2.08. The molecule has 21 heavy (non-hydrogen) atoms. The Balaban J connectivity index is 2.04. The molecule has 2 aromatic rings. The summed E-state index contributed by atoms with van der Waals surface area (Å²) in [5.41, 5.74) is 2.22. The van der Waals surface area contributed by atoms with Gasteiger partial charge in [0.1, 0.15) is 5.75 Å². The quantitative estimate of drug-likeness (QED) is 0.887. The number of nitrogens with one attached hydrogen (secondary N) is 1. The van der Waals surface area contributed by atoms with Gasteiger partial charge < -0.3 is 15.2 Å². The normalized spacial score (nSPS) is 11.8. The second-order valence-corrected chi connectivity index (χ2v) is 4.84. The van der Waals surface area contributed by atoms with Crippen LogP contribution in [0.15, 0.2) is 48.5 Å². The number of rotatable bonds is 5. The smallest absolute Gasteiger partial charge is 0.255 e. The zero-order chi connectivity index (χ0) is 15.2. The monoisotopic (exact) mass is 285 g/mol. The Hall–Kier alpha value is -2.33. The van der Waals surface area contributed by atoms with Gasteiger partial charge in [-0.15, -0.1) is 0 Å². The number of aliphatic hydroxyl groups excluding tert-OH is 1. The molecule has 0 saturated heterocycles. The van der Waals surface area contributed by atoms with Gasteiger partial charge in [-0.2, -0.15) is 0 Å². The molecule has 0 fully saturated rings. The van der Waals surface area contributed by atoms with E-state index in [2.05, 4.69) is 5.32 Å². The van der Waals surface area contributed by atoms with Crippen LogP contribution in [-0.4, -0.2) is 24.7 Å². The van der Waals surface area contributed by atoms with Crippen LogP contribution >= 0.6 is 0 Å². The molecule has 0 bridgehead atoms. The van der Waals surface area contributed by atoms with Crippen molar-refractivity contribution in [3.63, 3.8) is 0 Å². The molecule has 0 aliphatic heterocycles. The first-order chi connectivity index (χ1) is 10.1. The van der Waals surface area contributed by atoms with E-state index in [0.717, 1.165) is 11.1 Å². The summed E-state index contributed by atoms with van der Waals surface area (Å²) in [6.45, 7) is 2.06. The molecule has 0 aliphatic rings. The van der Waals surface area contributed by atoms with Crippen LogP contribution in [0.5, 0.6) is 5.75 Å². The maximum Gasteiger partial charge on any atom is 0.255 e. The summed E-state index contributed by atoms with van der Waals surface area (Å²) < 4.78 is 5.19.